The quantitative estimate of drug-likeness (QED) is 0.154. The minimum atomic E-state index is -1.68. The molecule has 3 saturated heterocycles. The SMILES string of the molecule is COc1ccc(C[C@H]2C(=O)O[C@H](C)[C@H](NC(=O)[C@@H](CC(C)C)N(C)C(=O)[C@@H]3CCCN3C(=O)[C@H](C)O)C(=O)NC3CCC[C@H](C(=O)O[C@@H](C(C)C)C(=O)[C@H](C)C(=O)N[C@@H](CC(C)C)C(=O)N4CCC[C@H]4C(=O)N2C)[C@@H]3OC)cc1. The summed E-state index contributed by atoms with van der Waals surface area (Å²) in [6.07, 6.45) is -2.80. The molecule has 79 heavy (non-hydrogen) atoms. The molecule has 1 unspecified atom stereocenters. The van der Waals surface area contributed by atoms with Gasteiger partial charge in [-0.05, 0) is 108 Å². The lowest BCUT2D eigenvalue weighted by molar-refractivity contribution is -0.170. The molecule has 1 saturated carbocycles. The number of aliphatic hydroxyl groups excluding tert-OH is 1. The van der Waals surface area contributed by atoms with E-state index in [-0.39, 0.29) is 63.5 Å². The number of benzene rings is 1. The number of Topliss-reactive ketones (excluding diaryl/α,β-unsaturated/α-hetero) is 1. The number of cyclic esters (lactones) is 2. The van der Waals surface area contributed by atoms with Crippen molar-refractivity contribution in [2.75, 3.05) is 41.4 Å². The highest BCUT2D eigenvalue weighted by Crippen LogP contribution is 2.31. The molecule has 13 atom stereocenters. The Morgan fingerprint density at radius 2 is 1.47 bits per heavy atom. The zero-order valence-corrected chi connectivity index (χ0v) is 48.5. The van der Waals surface area contributed by atoms with Crippen molar-refractivity contribution in [2.24, 2.45) is 29.6 Å². The summed E-state index contributed by atoms with van der Waals surface area (Å²) in [5.74, 6) is -9.99. The second-order valence-electron chi connectivity index (χ2n) is 23.1. The van der Waals surface area contributed by atoms with E-state index in [9.17, 15) is 48.3 Å². The largest absolute Gasteiger partial charge is 0.497 e. The van der Waals surface area contributed by atoms with Gasteiger partial charge in [-0.1, -0.05) is 60.1 Å². The van der Waals surface area contributed by atoms with Crippen molar-refractivity contribution in [3.8, 4) is 5.75 Å². The van der Waals surface area contributed by atoms with Crippen molar-refractivity contribution in [3.05, 3.63) is 29.8 Å². The predicted molar refractivity (Wildman–Crippen MR) is 288 cm³/mol. The number of methoxy groups -OCH3 is 2. The third kappa shape index (κ3) is 15.6. The molecule has 7 amide bonds. The molecule has 1 aliphatic carbocycles. The second kappa shape index (κ2) is 28.3. The van der Waals surface area contributed by atoms with E-state index < -0.39 is 144 Å². The number of esters is 2. The zero-order chi connectivity index (χ0) is 58.7. The number of likely N-dealkylation sites (tertiary alicyclic amines) is 1. The summed E-state index contributed by atoms with van der Waals surface area (Å²) < 4.78 is 23.5. The second-order valence-corrected chi connectivity index (χ2v) is 23.1. The average molecular weight is 1110 g/mol. The Morgan fingerprint density at radius 3 is 2.06 bits per heavy atom. The predicted octanol–water partition coefficient (Wildman–Crippen LogP) is 2.33. The number of fused-ring (bicyclic) bond motifs is 3. The molecule has 3 aliphatic heterocycles. The van der Waals surface area contributed by atoms with E-state index in [2.05, 4.69) is 16.0 Å². The minimum absolute atomic E-state index is 0.102. The molecule has 1 aromatic carbocycles. The van der Waals surface area contributed by atoms with E-state index >= 15 is 4.79 Å². The van der Waals surface area contributed by atoms with Crippen LogP contribution in [0.5, 0.6) is 5.75 Å². The number of hydrogen-bond donors (Lipinski definition) is 4. The molecule has 2 bridgehead atoms. The van der Waals surface area contributed by atoms with Crippen LogP contribution in [0.1, 0.15) is 126 Å². The van der Waals surface area contributed by atoms with Gasteiger partial charge in [0.05, 0.1) is 31.1 Å². The van der Waals surface area contributed by atoms with E-state index in [0.717, 1.165) is 0 Å². The fraction of sp³-hybridized carbons (Fsp3) is 0.719. The van der Waals surface area contributed by atoms with Crippen LogP contribution in [-0.2, 0) is 68.6 Å². The molecule has 22 heteroatoms. The minimum Gasteiger partial charge on any atom is -0.497 e. The smallest absolute Gasteiger partial charge is 0.329 e. The number of rotatable bonds is 14. The first kappa shape index (κ1) is 63.7. The monoisotopic (exact) mass is 1110 g/mol. The Kier molecular flexibility index (Phi) is 22.8. The Morgan fingerprint density at radius 1 is 0.810 bits per heavy atom. The molecule has 440 valence electrons. The normalized spacial score (nSPS) is 28.9. The fourth-order valence-electron chi connectivity index (χ4n) is 11.3. The molecule has 22 nitrogen and oxygen atoms in total. The summed E-state index contributed by atoms with van der Waals surface area (Å²) in [4.78, 5) is 150. The molecule has 4 aliphatic rings. The van der Waals surface area contributed by atoms with Crippen LogP contribution in [0.15, 0.2) is 24.3 Å². The van der Waals surface area contributed by atoms with Gasteiger partial charge < -0.3 is 59.6 Å². The van der Waals surface area contributed by atoms with Crippen LogP contribution in [0.3, 0.4) is 0 Å². The third-order valence-electron chi connectivity index (χ3n) is 15.8. The molecular weight excluding hydrogens is 1020 g/mol. The number of hydrogen-bond acceptors (Lipinski definition) is 15. The maximum atomic E-state index is 15.0. The highest BCUT2D eigenvalue weighted by Gasteiger charge is 2.47. The van der Waals surface area contributed by atoms with Crippen molar-refractivity contribution in [1.29, 1.82) is 0 Å². The first-order valence-corrected chi connectivity index (χ1v) is 28.1. The Balaban J connectivity index is 1.62. The van der Waals surface area contributed by atoms with Gasteiger partial charge in [0.1, 0.15) is 54.2 Å². The van der Waals surface area contributed by atoms with Crippen molar-refractivity contribution in [2.45, 2.75) is 193 Å². The maximum Gasteiger partial charge on any atom is 0.329 e. The van der Waals surface area contributed by atoms with Crippen LogP contribution in [0.25, 0.3) is 0 Å². The van der Waals surface area contributed by atoms with Gasteiger partial charge in [-0.25, -0.2) is 4.79 Å². The van der Waals surface area contributed by atoms with Crippen molar-refractivity contribution in [3.63, 3.8) is 0 Å². The fourth-order valence-corrected chi connectivity index (χ4v) is 11.3. The number of nitrogens with one attached hydrogen (secondary N) is 3. The van der Waals surface area contributed by atoms with E-state index in [0.29, 0.717) is 37.0 Å². The summed E-state index contributed by atoms with van der Waals surface area (Å²) in [5.41, 5.74) is 0.591. The van der Waals surface area contributed by atoms with Gasteiger partial charge in [0.2, 0.25) is 35.4 Å². The molecule has 4 fully saturated rings. The Bertz CT molecular complexity index is 2360. The third-order valence-corrected chi connectivity index (χ3v) is 15.8. The van der Waals surface area contributed by atoms with Crippen molar-refractivity contribution in [1.82, 2.24) is 35.6 Å². The van der Waals surface area contributed by atoms with Gasteiger partial charge in [0.25, 0.3) is 5.91 Å². The number of ketones is 1. The van der Waals surface area contributed by atoms with Gasteiger partial charge in [-0.3, -0.25) is 43.2 Å². The molecule has 3 heterocycles. The zero-order valence-electron chi connectivity index (χ0n) is 48.5. The summed E-state index contributed by atoms with van der Waals surface area (Å²) in [5, 5.41) is 18.7. The molecule has 4 N–H and O–H groups in total. The number of likely N-dealkylation sites (N-methyl/N-ethyl adjacent to an activating group) is 2. The van der Waals surface area contributed by atoms with E-state index in [1.54, 1.807) is 38.1 Å². The number of aliphatic hydroxyl groups is 1. The van der Waals surface area contributed by atoms with Crippen LogP contribution in [0.4, 0.5) is 0 Å². The van der Waals surface area contributed by atoms with E-state index in [1.807, 2.05) is 27.7 Å². The van der Waals surface area contributed by atoms with Crippen LogP contribution in [0, 0.1) is 29.6 Å². The van der Waals surface area contributed by atoms with Crippen molar-refractivity contribution >= 4 is 59.1 Å². The number of ether oxygens (including phenoxy) is 4. The molecular formula is C57H87N7O15. The summed E-state index contributed by atoms with van der Waals surface area (Å²) >= 11 is 0. The Hall–Kier alpha value is -6.16. The number of amides is 7. The Labute approximate surface area is 465 Å². The average Bonchev–Trinajstić information content (AvgIpc) is 4.14. The molecule has 1 aromatic rings. The highest BCUT2D eigenvalue weighted by atomic mass is 16.6. The lowest BCUT2D eigenvalue weighted by Crippen LogP contribution is -2.62. The lowest BCUT2D eigenvalue weighted by Gasteiger charge is -2.38. The number of carbonyl (C=O) groups excluding carboxylic acids is 10. The van der Waals surface area contributed by atoms with E-state index in [1.165, 1.54) is 68.7 Å². The van der Waals surface area contributed by atoms with Gasteiger partial charge in [0, 0.05) is 40.7 Å². The van der Waals surface area contributed by atoms with Crippen LogP contribution < -0.4 is 20.7 Å². The summed E-state index contributed by atoms with van der Waals surface area (Å²) in [6.45, 7) is 15.2. The van der Waals surface area contributed by atoms with Crippen LogP contribution in [-0.4, -0.2) is 192 Å². The summed E-state index contributed by atoms with van der Waals surface area (Å²) in [6, 6.07) is -1.59. The standard InChI is InChI=1S/C57H87N7O15/c1-30(2)27-40-53(71)64-26-16-20-42(64)55(73)62(11)44(29-36-21-23-37(76-12)24-22-36)57(75)78-35(9)45(60-50(68)43(28-31(3)4)61(10)54(72)41-19-15-25-63(41)52(70)34(8)65)51(69)58-39-18-14-17-38(48(39)77-13)56(74)79-47(32(5)6)46(66)33(7)49(67)59-40/h21-24,30-35,38-45,47-48,65H,14-20,25-29H2,1-13H3,(H,58,69)(H,59,67)(H,60,68)/t33-,34-,35+,38-,39?,40-,41-,42-,43+,44-,45-,47-,48-/m0/s1. The molecule has 0 aromatic heterocycles. The number of nitrogens with zero attached hydrogens (tertiary/aromatic N) is 4. The first-order valence-electron chi connectivity index (χ1n) is 28.1. The van der Waals surface area contributed by atoms with Gasteiger partial charge in [0.15, 0.2) is 11.9 Å². The highest BCUT2D eigenvalue weighted by molar-refractivity contribution is 6.05. The van der Waals surface area contributed by atoms with Gasteiger partial charge in [-0.15, -0.1) is 0 Å². The molecule has 0 radical (unpaired) electrons. The van der Waals surface area contributed by atoms with Crippen LogP contribution >= 0.6 is 0 Å². The molecule has 0 spiro atoms. The number of carbonyl (C=O) groups is 10. The van der Waals surface area contributed by atoms with Gasteiger partial charge in [-0.2, -0.15) is 0 Å². The summed E-state index contributed by atoms with van der Waals surface area (Å²) in [7, 11) is 5.70. The maximum absolute atomic E-state index is 15.0. The first-order chi connectivity index (χ1) is 37.2. The van der Waals surface area contributed by atoms with Crippen molar-refractivity contribution < 1.29 is 72.0 Å². The van der Waals surface area contributed by atoms with Crippen LogP contribution in [0.2, 0.25) is 0 Å². The lowest BCUT2D eigenvalue weighted by atomic mass is 9.82. The van der Waals surface area contributed by atoms with E-state index in [4.69, 9.17) is 18.9 Å². The topological polar surface area (TPSA) is 277 Å². The molecule has 5 rings (SSSR count). The van der Waals surface area contributed by atoms with Gasteiger partial charge >= 0.3 is 11.9 Å².